The Hall–Kier alpha value is -2.01. The zero-order chi connectivity index (χ0) is 18.9. The van der Waals surface area contributed by atoms with Gasteiger partial charge in [0.05, 0.1) is 11.6 Å². The molecule has 0 radical (unpaired) electrons. The van der Waals surface area contributed by atoms with Crippen LogP contribution in [0.5, 0.6) is 0 Å². The van der Waals surface area contributed by atoms with Gasteiger partial charge in [-0.15, -0.1) is 0 Å². The number of aliphatic imine (C=N–C) groups is 1. The van der Waals surface area contributed by atoms with E-state index in [9.17, 15) is 0 Å². The summed E-state index contributed by atoms with van der Waals surface area (Å²) in [6.07, 6.45) is 10.3. The van der Waals surface area contributed by atoms with Crippen molar-refractivity contribution in [3.8, 4) is 0 Å². The molecule has 2 bridgehead atoms. The van der Waals surface area contributed by atoms with Gasteiger partial charge >= 0.3 is 0 Å². The van der Waals surface area contributed by atoms with E-state index in [1.165, 1.54) is 24.1 Å². The van der Waals surface area contributed by atoms with E-state index in [0.717, 1.165) is 67.5 Å². The van der Waals surface area contributed by atoms with Gasteiger partial charge in [-0.25, -0.2) is 9.97 Å². The van der Waals surface area contributed by atoms with Gasteiger partial charge in [-0.2, -0.15) is 0 Å². The molecule has 0 spiro atoms. The van der Waals surface area contributed by atoms with Crippen LogP contribution in [0, 0.1) is 6.92 Å². The van der Waals surface area contributed by atoms with Crippen LogP contribution in [-0.4, -0.2) is 32.8 Å². The Morgan fingerprint density at radius 3 is 2.50 bits per heavy atom. The summed E-state index contributed by atoms with van der Waals surface area (Å²) in [6, 6.07) is 7.16. The van der Waals surface area contributed by atoms with Crippen molar-refractivity contribution < 1.29 is 0 Å². The first kappa shape index (κ1) is 16.9. The summed E-state index contributed by atoms with van der Waals surface area (Å²) in [5.74, 6) is 2.47. The third kappa shape index (κ3) is 2.83. The summed E-state index contributed by atoms with van der Waals surface area (Å²) in [6.45, 7) is 2.13. The molecule has 1 aromatic heterocycles. The Balaban J connectivity index is 1.30. The van der Waals surface area contributed by atoms with E-state index < -0.39 is 0 Å². The Morgan fingerprint density at radius 1 is 1.07 bits per heavy atom. The van der Waals surface area contributed by atoms with E-state index in [-0.39, 0.29) is 11.1 Å². The summed E-state index contributed by atoms with van der Waals surface area (Å²) < 4.78 is 0. The quantitative estimate of drug-likeness (QED) is 0.838. The van der Waals surface area contributed by atoms with Crippen molar-refractivity contribution in [1.29, 1.82) is 0 Å². The summed E-state index contributed by atoms with van der Waals surface area (Å²) in [4.78, 5) is 14.9. The number of aryl methyl sites for hydroxylation is 1. The second kappa shape index (κ2) is 5.76. The van der Waals surface area contributed by atoms with Gasteiger partial charge in [0.2, 0.25) is 0 Å². The van der Waals surface area contributed by atoms with Gasteiger partial charge < -0.3 is 11.1 Å². The molecular weight excluding hydrogens is 346 g/mol. The number of aromatic nitrogens is 2. The van der Waals surface area contributed by atoms with Crippen molar-refractivity contribution in [2.45, 2.75) is 87.7 Å². The van der Waals surface area contributed by atoms with Crippen molar-refractivity contribution in [3.05, 3.63) is 29.6 Å². The lowest BCUT2D eigenvalue weighted by atomic mass is 9.44. The third-order valence-corrected chi connectivity index (χ3v) is 7.16. The Labute approximate surface area is 166 Å². The summed E-state index contributed by atoms with van der Waals surface area (Å²) in [5.41, 5.74) is 10.3. The first-order valence-electron chi connectivity index (χ1n) is 10.9. The number of nitrogens with two attached hydrogens (primary N) is 1. The predicted molar refractivity (Wildman–Crippen MR) is 113 cm³/mol. The fourth-order valence-corrected chi connectivity index (χ4v) is 5.59. The van der Waals surface area contributed by atoms with Crippen LogP contribution in [0.2, 0.25) is 0 Å². The number of rotatable bonds is 4. The average Bonchev–Trinajstić information content (AvgIpc) is 3.44. The number of anilines is 1. The first-order chi connectivity index (χ1) is 13.5. The van der Waals surface area contributed by atoms with Crippen LogP contribution in [0.25, 0.3) is 10.9 Å². The SMILES string of the molecule is Cc1ccc2nc(C3CCC(=NC4CC4)CC3)nc(NC34CC(N)(C3)C4)c2c1. The Morgan fingerprint density at radius 2 is 1.82 bits per heavy atom. The van der Waals surface area contributed by atoms with E-state index in [2.05, 4.69) is 30.4 Å². The molecule has 0 aliphatic heterocycles. The van der Waals surface area contributed by atoms with Crippen molar-refractivity contribution in [3.63, 3.8) is 0 Å². The van der Waals surface area contributed by atoms with Crippen LogP contribution in [0.3, 0.4) is 0 Å². The zero-order valence-electron chi connectivity index (χ0n) is 16.7. The lowest BCUT2D eigenvalue weighted by molar-refractivity contribution is -0.0319. The van der Waals surface area contributed by atoms with E-state index in [1.807, 2.05) is 0 Å². The molecule has 5 nitrogen and oxygen atoms in total. The van der Waals surface area contributed by atoms with Gasteiger partial charge in [0.25, 0.3) is 0 Å². The van der Waals surface area contributed by atoms with Gasteiger partial charge in [0.15, 0.2) is 0 Å². The molecular formula is C23H29N5. The average molecular weight is 376 g/mol. The van der Waals surface area contributed by atoms with Gasteiger partial charge in [0.1, 0.15) is 11.6 Å². The summed E-state index contributed by atoms with van der Waals surface area (Å²) >= 11 is 0. The molecule has 5 fully saturated rings. The van der Waals surface area contributed by atoms with Crippen LogP contribution in [0.15, 0.2) is 23.2 Å². The Kier molecular flexibility index (Phi) is 3.47. The number of nitrogens with zero attached hydrogens (tertiary/aromatic N) is 3. The highest BCUT2D eigenvalue weighted by atomic mass is 15.2. The molecule has 5 aliphatic rings. The van der Waals surface area contributed by atoms with Gasteiger partial charge in [-0.1, -0.05) is 11.6 Å². The summed E-state index contributed by atoms with van der Waals surface area (Å²) in [7, 11) is 0. The molecule has 146 valence electrons. The van der Waals surface area contributed by atoms with Crippen molar-refractivity contribution >= 4 is 22.4 Å². The molecule has 1 heterocycles. The Bertz CT molecular complexity index is 960. The number of hydrogen-bond donors (Lipinski definition) is 2. The second-order valence-corrected chi connectivity index (χ2v) is 9.95. The molecule has 5 aliphatic carbocycles. The van der Waals surface area contributed by atoms with E-state index >= 15 is 0 Å². The van der Waals surface area contributed by atoms with E-state index in [4.69, 9.17) is 20.7 Å². The van der Waals surface area contributed by atoms with Gasteiger partial charge in [0, 0.05) is 28.1 Å². The fraction of sp³-hybridized carbons (Fsp3) is 0.609. The molecule has 0 atom stereocenters. The minimum absolute atomic E-state index is 0.0925. The zero-order valence-corrected chi connectivity index (χ0v) is 16.7. The monoisotopic (exact) mass is 375 g/mol. The largest absolute Gasteiger partial charge is 0.364 e. The third-order valence-electron chi connectivity index (χ3n) is 7.16. The number of benzene rings is 1. The normalized spacial score (nSPS) is 33.9. The molecule has 2 aromatic rings. The highest BCUT2D eigenvalue weighted by Gasteiger charge is 2.66. The fourth-order valence-electron chi connectivity index (χ4n) is 5.59. The molecule has 0 amide bonds. The molecule has 0 saturated heterocycles. The van der Waals surface area contributed by atoms with Crippen LogP contribution >= 0.6 is 0 Å². The molecule has 5 heteroatoms. The molecule has 3 N–H and O–H groups in total. The van der Waals surface area contributed by atoms with Crippen LogP contribution < -0.4 is 11.1 Å². The van der Waals surface area contributed by atoms with Crippen molar-refractivity contribution in [1.82, 2.24) is 9.97 Å². The number of hydrogen-bond acceptors (Lipinski definition) is 5. The molecule has 7 rings (SSSR count). The second-order valence-electron chi connectivity index (χ2n) is 9.95. The van der Waals surface area contributed by atoms with E-state index in [0.29, 0.717) is 12.0 Å². The lowest BCUT2D eigenvalue weighted by Gasteiger charge is -2.69. The van der Waals surface area contributed by atoms with Crippen molar-refractivity contribution in [2.24, 2.45) is 10.7 Å². The number of fused-ring (bicyclic) bond motifs is 1. The predicted octanol–water partition coefficient (Wildman–Crippen LogP) is 4.24. The molecule has 0 unspecified atom stereocenters. The highest BCUT2D eigenvalue weighted by molar-refractivity contribution is 5.90. The smallest absolute Gasteiger partial charge is 0.138 e. The van der Waals surface area contributed by atoms with Gasteiger partial charge in [-0.05, 0) is 76.8 Å². The molecule has 1 aromatic carbocycles. The van der Waals surface area contributed by atoms with E-state index in [1.54, 1.807) is 0 Å². The highest BCUT2D eigenvalue weighted by Crippen LogP contribution is 2.60. The van der Waals surface area contributed by atoms with Gasteiger partial charge in [-0.3, -0.25) is 4.99 Å². The molecule has 28 heavy (non-hydrogen) atoms. The van der Waals surface area contributed by atoms with Crippen molar-refractivity contribution in [2.75, 3.05) is 5.32 Å². The molecule has 5 saturated carbocycles. The van der Waals surface area contributed by atoms with Crippen LogP contribution in [0.1, 0.15) is 75.1 Å². The minimum atomic E-state index is 0.0925. The topological polar surface area (TPSA) is 76.2 Å². The standard InChI is InChI=1S/C23H29N5/c1-14-2-9-19-18(10-14)21(28-23-11-22(24,12-23)13-23)27-20(26-19)15-3-5-16(6-4-15)25-17-7-8-17/h2,9-10,15,17H,3-8,11-13,24H2,1H3,(H,26,27,28). The van der Waals surface area contributed by atoms with Crippen LogP contribution in [0.4, 0.5) is 5.82 Å². The maximum Gasteiger partial charge on any atom is 0.138 e. The summed E-state index contributed by atoms with van der Waals surface area (Å²) in [5, 5.41) is 4.93. The van der Waals surface area contributed by atoms with Crippen LogP contribution in [-0.2, 0) is 0 Å². The maximum absolute atomic E-state index is 6.28. The number of nitrogens with one attached hydrogen (secondary N) is 1. The maximum atomic E-state index is 6.28. The lowest BCUT2D eigenvalue weighted by Crippen LogP contribution is -2.79. The first-order valence-corrected chi connectivity index (χ1v) is 10.9. The minimum Gasteiger partial charge on any atom is -0.364 e.